The van der Waals surface area contributed by atoms with E-state index in [2.05, 4.69) is 9.97 Å². The van der Waals surface area contributed by atoms with E-state index in [4.69, 9.17) is 5.73 Å². The maximum absolute atomic E-state index is 10.6. The van der Waals surface area contributed by atoms with Gasteiger partial charge in [0.05, 0.1) is 11.4 Å². The highest BCUT2D eigenvalue weighted by Gasteiger charge is 2.05. The molecule has 4 nitrogen and oxygen atoms in total. The van der Waals surface area contributed by atoms with E-state index in [1.807, 2.05) is 5.38 Å². The van der Waals surface area contributed by atoms with Gasteiger partial charge in [0, 0.05) is 11.6 Å². The summed E-state index contributed by atoms with van der Waals surface area (Å²) in [4.78, 5) is 18.8. The smallest absolute Gasteiger partial charge is 0.170 e. The van der Waals surface area contributed by atoms with E-state index in [-0.39, 0.29) is 5.69 Å². The fourth-order valence-corrected chi connectivity index (χ4v) is 1.66. The number of aromatic nitrogens is 2. The zero-order valence-corrected chi connectivity index (χ0v) is 7.99. The number of anilines is 1. The van der Waals surface area contributed by atoms with Gasteiger partial charge >= 0.3 is 0 Å². The van der Waals surface area contributed by atoms with Crippen molar-refractivity contribution in [3.05, 3.63) is 29.4 Å². The standard InChI is InChI=1S/C9H7N3OS/c10-6-1-2-7(12-8(6)5-13)9-11-3-4-14-9/h1-5H,10H2. The SMILES string of the molecule is Nc1ccc(-c2nccs2)nc1C=O. The van der Waals surface area contributed by atoms with Crippen molar-refractivity contribution in [2.24, 2.45) is 0 Å². The Hall–Kier alpha value is -1.75. The number of pyridine rings is 1. The lowest BCUT2D eigenvalue weighted by Gasteiger charge is -1.99. The number of carbonyl (C=O) groups excluding carboxylic acids is 1. The summed E-state index contributed by atoms with van der Waals surface area (Å²) in [6.45, 7) is 0. The topological polar surface area (TPSA) is 68.9 Å². The van der Waals surface area contributed by atoms with Gasteiger partial charge in [0.15, 0.2) is 6.29 Å². The Morgan fingerprint density at radius 3 is 2.93 bits per heavy atom. The normalized spacial score (nSPS) is 10.0. The van der Waals surface area contributed by atoms with Crippen molar-refractivity contribution in [2.45, 2.75) is 0 Å². The zero-order valence-electron chi connectivity index (χ0n) is 7.18. The first-order valence-electron chi connectivity index (χ1n) is 3.93. The highest BCUT2D eigenvalue weighted by atomic mass is 32.1. The molecule has 0 amide bonds. The van der Waals surface area contributed by atoms with Crippen LogP contribution in [-0.4, -0.2) is 16.3 Å². The average Bonchev–Trinajstić information content (AvgIpc) is 2.71. The number of nitrogens with two attached hydrogens (primary N) is 1. The van der Waals surface area contributed by atoms with E-state index in [1.54, 1.807) is 18.3 Å². The second kappa shape index (κ2) is 3.55. The van der Waals surface area contributed by atoms with Crippen LogP contribution >= 0.6 is 11.3 Å². The first-order chi connectivity index (χ1) is 6.81. The van der Waals surface area contributed by atoms with Gasteiger partial charge in [-0.25, -0.2) is 9.97 Å². The molecule has 0 unspecified atom stereocenters. The summed E-state index contributed by atoms with van der Waals surface area (Å²) in [5.74, 6) is 0. The molecule has 0 atom stereocenters. The highest BCUT2D eigenvalue weighted by Crippen LogP contribution is 2.21. The molecule has 2 N–H and O–H groups in total. The Kier molecular flexibility index (Phi) is 2.24. The summed E-state index contributed by atoms with van der Waals surface area (Å²) in [6.07, 6.45) is 2.34. The van der Waals surface area contributed by atoms with E-state index in [1.165, 1.54) is 11.3 Å². The number of nitrogens with zero attached hydrogens (tertiary/aromatic N) is 2. The molecule has 0 saturated carbocycles. The van der Waals surface area contributed by atoms with Crippen molar-refractivity contribution in [1.29, 1.82) is 0 Å². The lowest BCUT2D eigenvalue weighted by atomic mass is 10.3. The molecule has 2 rings (SSSR count). The molecule has 2 aromatic rings. The number of nitrogen functional groups attached to an aromatic ring is 1. The molecular formula is C9H7N3OS. The molecule has 0 fully saturated rings. The van der Waals surface area contributed by atoms with Crippen molar-refractivity contribution >= 4 is 23.3 Å². The van der Waals surface area contributed by atoms with Gasteiger partial charge in [0.25, 0.3) is 0 Å². The lowest BCUT2D eigenvalue weighted by Crippen LogP contribution is -1.97. The molecule has 0 aliphatic heterocycles. The van der Waals surface area contributed by atoms with Crippen LogP contribution in [0.15, 0.2) is 23.7 Å². The van der Waals surface area contributed by atoms with Gasteiger partial charge in [-0.05, 0) is 12.1 Å². The first kappa shape index (κ1) is 8.83. The van der Waals surface area contributed by atoms with Crippen LogP contribution in [0.1, 0.15) is 10.5 Å². The van der Waals surface area contributed by atoms with E-state index in [0.717, 1.165) is 5.01 Å². The Labute approximate surface area is 84.4 Å². The lowest BCUT2D eigenvalue weighted by molar-refractivity contribution is 0.112. The molecule has 0 saturated heterocycles. The van der Waals surface area contributed by atoms with Crippen LogP contribution < -0.4 is 5.73 Å². The first-order valence-corrected chi connectivity index (χ1v) is 4.81. The van der Waals surface area contributed by atoms with Crippen LogP contribution in [0.3, 0.4) is 0 Å². The fourth-order valence-electron chi connectivity index (χ4n) is 1.05. The van der Waals surface area contributed by atoms with E-state index in [9.17, 15) is 4.79 Å². The van der Waals surface area contributed by atoms with E-state index in [0.29, 0.717) is 17.7 Å². The maximum Gasteiger partial charge on any atom is 0.170 e. The number of thiazole rings is 1. The maximum atomic E-state index is 10.6. The van der Waals surface area contributed by atoms with E-state index < -0.39 is 0 Å². The molecule has 5 heteroatoms. The van der Waals surface area contributed by atoms with Crippen molar-refractivity contribution in [2.75, 3.05) is 5.73 Å². The fraction of sp³-hybridized carbons (Fsp3) is 0. The Morgan fingerprint density at radius 2 is 2.29 bits per heavy atom. The third kappa shape index (κ3) is 1.49. The molecule has 2 aromatic heterocycles. The second-order valence-corrected chi connectivity index (χ2v) is 3.52. The molecule has 0 aliphatic carbocycles. The minimum absolute atomic E-state index is 0.262. The number of hydrogen-bond acceptors (Lipinski definition) is 5. The minimum Gasteiger partial charge on any atom is -0.397 e. The molecule has 0 aliphatic rings. The monoisotopic (exact) mass is 205 g/mol. The van der Waals surface area contributed by atoms with Gasteiger partial charge in [-0.15, -0.1) is 11.3 Å². The predicted molar refractivity (Wildman–Crippen MR) is 55.1 cm³/mol. The molecule has 0 aromatic carbocycles. The molecular weight excluding hydrogens is 198 g/mol. The van der Waals surface area contributed by atoms with Crippen molar-refractivity contribution in [1.82, 2.24) is 9.97 Å². The molecule has 0 bridgehead atoms. The number of rotatable bonds is 2. The minimum atomic E-state index is 0.262. The van der Waals surface area contributed by atoms with E-state index >= 15 is 0 Å². The second-order valence-electron chi connectivity index (χ2n) is 2.63. The summed E-state index contributed by atoms with van der Waals surface area (Å²) >= 11 is 1.47. The third-order valence-corrected chi connectivity index (χ3v) is 2.52. The summed E-state index contributed by atoms with van der Waals surface area (Å²) in [7, 11) is 0. The van der Waals surface area contributed by atoms with Crippen LogP contribution in [0.2, 0.25) is 0 Å². The number of hydrogen-bond donors (Lipinski definition) is 1. The molecule has 70 valence electrons. The summed E-state index contributed by atoms with van der Waals surface area (Å²) in [6, 6.07) is 3.41. The predicted octanol–water partition coefficient (Wildman–Crippen LogP) is 1.60. The Bertz CT molecular complexity index is 453. The third-order valence-electron chi connectivity index (χ3n) is 1.72. The molecule has 0 spiro atoms. The van der Waals surface area contributed by atoms with Crippen LogP contribution in [0.4, 0.5) is 5.69 Å². The average molecular weight is 205 g/mol. The van der Waals surface area contributed by atoms with Crippen LogP contribution in [0, 0.1) is 0 Å². The van der Waals surface area contributed by atoms with Crippen molar-refractivity contribution < 1.29 is 4.79 Å². The summed E-state index contributed by atoms with van der Waals surface area (Å²) in [5, 5.41) is 2.64. The van der Waals surface area contributed by atoms with Crippen molar-refractivity contribution in [3.8, 4) is 10.7 Å². The zero-order chi connectivity index (χ0) is 9.97. The van der Waals surface area contributed by atoms with Gasteiger partial charge < -0.3 is 5.73 Å². The Balaban J connectivity index is 2.51. The number of aldehydes is 1. The van der Waals surface area contributed by atoms with Gasteiger partial charge in [-0.1, -0.05) is 0 Å². The van der Waals surface area contributed by atoms with Gasteiger partial charge in [-0.3, -0.25) is 4.79 Å². The quantitative estimate of drug-likeness (QED) is 0.756. The van der Waals surface area contributed by atoms with Gasteiger partial charge in [-0.2, -0.15) is 0 Å². The van der Waals surface area contributed by atoms with Gasteiger partial charge in [0.1, 0.15) is 10.7 Å². The van der Waals surface area contributed by atoms with Crippen LogP contribution in [-0.2, 0) is 0 Å². The molecule has 14 heavy (non-hydrogen) atoms. The van der Waals surface area contributed by atoms with Crippen molar-refractivity contribution in [3.63, 3.8) is 0 Å². The summed E-state index contributed by atoms with van der Waals surface area (Å²) in [5.41, 5.74) is 6.87. The number of carbonyl (C=O) groups is 1. The van der Waals surface area contributed by atoms with Gasteiger partial charge in [0.2, 0.25) is 0 Å². The van der Waals surface area contributed by atoms with Crippen LogP contribution in [0.5, 0.6) is 0 Å². The molecule has 0 radical (unpaired) electrons. The highest BCUT2D eigenvalue weighted by molar-refractivity contribution is 7.13. The Morgan fingerprint density at radius 1 is 1.43 bits per heavy atom. The van der Waals surface area contributed by atoms with Crippen LogP contribution in [0.25, 0.3) is 10.7 Å². The summed E-state index contributed by atoms with van der Waals surface area (Å²) < 4.78 is 0. The largest absolute Gasteiger partial charge is 0.397 e. The molecule has 2 heterocycles.